The summed E-state index contributed by atoms with van der Waals surface area (Å²) in [7, 11) is 0. The number of hydrogen-bond acceptors (Lipinski definition) is 5. The highest BCUT2D eigenvalue weighted by Crippen LogP contribution is 2.39. The Kier molecular flexibility index (Phi) is 7.83. The summed E-state index contributed by atoms with van der Waals surface area (Å²) in [5, 5.41) is 13.5. The summed E-state index contributed by atoms with van der Waals surface area (Å²) >= 11 is 0. The first-order valence-electron chi connectivity index (χ1n) is 12.1. The van der Waals surface area contributed by atoms with Crippen molar-refractivity contribution >= 4 is 17.4 Å². The second-order valence-corrected chi connectivity index (χ2v) is 9.16. The number of quaternary nitrogens is 1. The van der Waals surface area contributed by atoms with Crippen LogP contribution in [0.4, 0.5) is 4.39 Å². The lowest BCUT2D eigenvalue weighted by Gasteiger charge is -2.29. The minimum absolute atomic E-state index is 0.00954. The van der Waals surface area contributed by atoms with Crippen molar-refractivity contribution in [1.82, 2.24) is 4.90 Å². The van der Waals surface area contributed by atoms with Crippen molar-refractivity contribution in [3.05, 3.63) is 71.0 Å². The first-order valence-corrected chi connectivity index (χ1v) is 12.1. The average Bonchev–Trinajstić information content (AvgIpc) is 3.11. The van der Waals surface area contributed by atoms with Crippen LogP contribution in [0.5, 0.6) is 5.75 Å². The van der Waals surface area contributed by atoms with Crippen molar-refractivity contribution in [2.75, 3.05) is 39.4 Å². The van der Waals surface area contributed by atoms with Crippen LogP contribution in [0.25, 0.3) is 5.76 Å². The van der Waals surface area contributed by atoms with Crippen molar-refractivity contribution in [3.63, 3.8) is 0 Å². The number of benzene rings is 2. The highest BCUT2D eigenvalue weighted by Gasteiger charge is 2.44. The summed E-state index contributed by atoms with van der Waals surface area (Å²) in [4.78, 5) is 29.0. The fourth-order valence-corrected chi connectivity index (χ4v) is 4.64. The molecule has 1 atom stereocenters. The summed E-state index contributed by atoms with van der Waals surface area (Å²) in [5.41, 5.74) is 0.543. The second-order valence-electron chi connectivity index (χ2n) is 9.16. The maximum absolute atomic E-state index is 14.6. The number of carbonyl (C=O) groups is 2. The fraction of sp³-hybridized carbons (Fsp3) is 0.407. The van der Waals surface area contributed by atoms with E-state index in [9.17, 15) is 19.1 Å². The molecule has 1 unspecified atom stereocenters. The SMILES string of the molecule is CC(C)Oc1ccc(C([O-])=C2C(=O)C(=O)N(CCC[NH+]3CCOCC3)C2c2ccccc2)cc1F. The summed E-state index contributed by atoms with van der Waals surface area (Å²) in [6.45, 7) is 7.99. The molecule has 2 aliphatic rings. The number of morpholine rings is 1. The molecular formula is C27H31FN2O5. The van der Waals surface area contributed by atoms with Crippen molar-refractivity contribution in [1.29, 1.82) is 0 Å². The second kappa shape index (κ2) is 11.0. The zero-order chi connectivity index (χ0) is 24.9. The molecule has 35 heavy (non-hydrogen) atoms. The Labute approximate surface area is 204 Å². The molecule has 0 saturated carbocycles. The number of likely N-dealkylation sites (tertiary alicyclic amines) is 1. The van der Waals surface area contributed by atoms with Crippen LogP contribution in [0.1, 0.15) is 37.4 Å². The number of halogens is 1. The lowest BCUT2D eigenvalue weighted by Crippen LogP contribution is -3.14. The molecule has 0 aromatic heterocycles. The standard InChI is InChI=1S/C27H31FN2O5/c1-18(2)35-22-10-9-20(17-21(22)28)25(31)23-24(19-7-4-3-5-8-19)30(27(33)26(23)32)12-6-11-29-13-15-34-16-14-29/h3-5,7-10,17-18,24,31H,6,11-16H2,1-2H3. The van der Waals surface area contributed by atoms with Crippen LogP contribution in [-0.2, 0) is 14.3 Å². The van der Waals surface area contributed by atoms with Gasteiger partial charge in [-0.3, -0.25) is 9.59 Å². The van der Waals surface area contributed by atoms with Gasteiger partial charge in [0.25, 0.3) is 5.91 Å². The molecule has 2 aliphatic heterocycles. The maximum Gasteiger partial charge on any atom is 0.295 e. The molecule has 0 radical (unpaired) electrons. The van der Waals surface area contributed by atoms with Crippen LogP contribution >= 0.6 is 0 Å². The van der Waals surface area contributed by atoms with Crippen LogP contribution in [-0.4, -0.2) is 62.1 Å². The maximum atomic E-state index is 14.6. The zero-order valence-electron chi connectivity index (χ0n) is 20.1. The molecule has 1 amide bonds. The lowest BCUT2D eigenvalue weighted by molar-refractivity contribution is -0.908. The summed E-state index contributed by atoms with van der Waals surface area (Å²) in [5.74, 6) is -2.83. The van der Waals surface area contributed by atoms with E-state index in [1.807, 2.05) is 6.07 Å². The van der Waals surface area contributed by atoms with E-state index in [0.29, 0.717) is 31.7 Å². The predicted molar refractivity (Wildman–Crippen MR) is 126 cm³/mol. The Balaban J connectivity index is 1.65. The molecule has 0 bridgehead atoms. The third-order valence-electron chi connectivity index (χ3n) is 6.33. The topological polar surface area (TPSA) is 83.3 Å². The van der Waals surface area contributed by atoms with Gasteiger partial charge >= 0.3 is 0 Å². The van der Waals surface area contributed by atoms with Gasteiger partial charge in [-0.15, -0.1) is 0 Å². The lowest BCUT2D eigenvalue weighted by atomic mass is 9.95. The third kappa shape index (κ3) is 5.55. The number of amides is 1. The van der Waals surface area contributed by atoms with Gasteiger partial charge in [-0.25, -0.2) is 4.39 Å². The van der Waals surface area contributed by atoms with Gasteiger partial charge in [0.1, 0.15) is 13.1 Å². The molecule has 4 rings (SSSR count). The smallest absolute Gasteiger partial charge is 0.295 e. The number of Topliss-reactive ketones (excluding diaryl/α,β-unsaturated/α-hetero) is 1. The Hall–Kier alpha value is -3.23. The highest BCUT2D eigenvalue weighted by molar-refractivity contribution is 6.46. The Bertz CT molecular complexity index is 1100. The number of rotatable bonds is 8. The van der Waals surface area contributed by atoms with E-state index < -0.39 is 29.3 Å². The molecule has 7 nitrogen and oxygen atoms in total. The first-order chi connectivity index (χ1) is 16.9. The van der Waals surface area contributed by atoms with E-state index in [1.165, 1.54) is 21.9 Å². The van der Waals surface area contributed by atoms with Crippen LogP contribution in [0.3, 0.4) is 0 Å². The van der Waals surface area contributed by atoms with Gasteiger partial charge in [0.15, 0.2) is 11.6 Å². The van der Waals surface area contributed by atoms with Crippen molar-refractivity contribution < 1.29 is 33.5 Å². The van der Waals surface area contributed by atoms with E-state index in [2.05, 4.69) is 0 Å². The Morgan fingerprint density at radius 2 is 1.89 bits per heavy atom. The van der Waals surface area contributed by atoms with E-state index in [0.717, 1.165) is 25.7 Å². The average molecular weight is 483 g/mol. The van der Waals surface area contributed by atoms with Crippen molar-refractivity contribution in [2.24, 2.45) is 0 Å². The molecule has 1 N–H and O–H groups in total. The van der Waals surface area contributed by atoms with Crippen LogP contribution in [0.15, 0.2) is 54.1 Å². The van der Waals surface area contributed by atoms with Gasteiger partial charge in [0.2, 0.25) is 5.78 Å². The molecule has 186 valence electrons. The number of ketones is 1. The Morgan fingerprint density at radius 1 is 1.17 bits per heavy atom. The van der Waals surface area contributed by atoms with Gasteiger partial charge in [-0.05, 0) is 37.1 Å². The number of nitrogens with zero attached hydrogens (tertiary/aromatic N) is 1. The number of hydrogen-bond donors (Lipinski definition) is 1. The van der Waals surface area contributed by atoms with E-state index in [1.54, 1.807) is 38.1 Å². The van der Waals surface area contributed by atoms with Gasteiger partial charge < -0.3 is 24.4 Å². The number of ether oxygens (including phenoxy) is 2. The molecule has 2 heterocycles. The monoisotopic (exact) mass is 482 g/mol. The Morgan fingerprint density at radius 3 is 2.54 bits per heavy atom. The third-order valence-corrected chi connectivity index (χ3v) is 6.33. The van der Waals surface area contributed by atoms with E-state index in [-0.39, 0.29) is 23.0 Å². The minimum atomic E-state index is -0.828. The summed E-state index contributed by atoms with van der Waals surface area (Å²) in [6, 6.07) is 12.1. The summed E-state index contributed by atoms with van der Waals surface area (Å²) < 4.78 is 25.4. The highest BCUT2D eigenvalue weighted by atomic mass is 19.1. The summed E-state index contributed by atoms with van der Waals surface area (Å²) in [6.07, 6.45) is 0.458. The predicted octanol–water partition coefficient (Wildman–Crippen LogP) is 1.14. The van der Waals surface area contributed by atoms with Crippen LogP contribution in [0, 0.1) is 5.82 Å². The van der Waals surface area contributed by atoms with Gasteiger partial charge in [0, 0.05) is 18.5 Å². The zero-order valence-corrected chi connectivity index (χ0v) is 20.1. The van der Waals surface area contributed by atoms with Gasteiger partial charge in [-0.2, -0.15) is 0 Å². The molecule has 2 aromatic rings. The van der Waals surface area contributed by atoms with E-state index >= 15 is 0 Å². The number of nitrogens with one attached hydrogen (secondary N) is 1. The molecule has 2 aromatic carbocycles. The molecule has 2 fully saturated rings. The quantitative estimate of drug-likeness (QED) is 0.347. The fourth-order valence-electron chi connectivity index (χ4n) is 4.64. The van der Waals surface area contributed by atoms with Crippen molar-refractivity contribution in [3.8, 4) is 5.75 Å². The van der Waals surface area contributed by atoms with Crippen LogP contribution < -0.4 is 14.7 Å². The van der Waals surface area contributed by atoms with Gasteiger partial charge in [-0.1, -0.05) is 42.2 Å². The number of carbonyl (C=O) groups excluding carboxylic acids is 2. The largest absolute Gasteiger partial charge is 0.872 e. The van der Waals surface area contributed by atoms with Crippen LogP contribution in [0.2, 0.25) is 0 Å². The first kappa shape index (κ1) is 24.9. The minimum Gasteiger partial charge on any atom is -0.872 e. The molecule has 0 spiro atoms. The molecule has 2 saturated heterocycles. The molecule has 0 aliphatic carbocycles. The molecule has 8 heteroatoms. The van der Waals surface area contributed by atoms with E-state index in [4.69, 9.17) is 9.47 Å². The normalized spacial score (nSPS) is 20.6. The van der Waals surface area contributed by atoms with Gasteiger partial charge in [0.05, 0.1) is 31.9 Å². The van der Waals surface area contributed by atoms with Crippen molar-refractivity contribution in [2.45, 2.75) is 32.4 Å². The molecular weight excluding hydrogens is 451 g/mol.